The van der Waals surface area contributed by atoms with Crippen molar-refractivity contribution in [1.29, 1.82) is 0 Å². The summed E-state index contributed by atoms with van der Waals surface area (Å²) in [6, 6.07) is 47.1. The third-order valence-corrected chi connectivity index (χ3v) is 14.1. The second kappa shape index (κ2) is 9.17. The molecule has 0 spiro atoms. The molecule has 1 saturated heterocycles. The van der Waals surface area contributed by atoms with E-state index < -0.39 is 8.07 Å². The van der Waals surface area contributed by atoms with E-state index in [1.807, 2.05) is 0 Å². The van der Waals surface area contributed by atoms with E-state index in [-0.39, 0.29) is 18.3 Å². The van der Waals surface area contributed by atoms with Gasteiger partial charge in [0.15, 0.2) is 8.07 Å². The lowest BCUT2D eigenvalue weighted by Gasteiger charge is -2.32. The molecular formula is C36H33BO2Si. The molecule has 4 heteroatoms. The van der Waals surface area contributed by atoms with Crippen LogP contribution in [0.25, 0.3) is 22.3 Å². The fourth-order valence-electron chi connectivity index (χ4n) is 6.53. The van der Waals surface area contributed by atoms with E-state index in [0.29, 0.717) is 0 Å². The smallest absolute Gasteiger partial charge is 0.399 e. The van der Waals surface area contributed by atoms with Gasteiger partial charge in [0.2, 0.25) is 0 Å². The van der Waals surface area contributed by atoms with Crippen LogP contribution in [0.4, 0.5) is 0 Å². The standard InChI is InChI=1S/C36H33BO2Si/c1-35(2)36(3,4)39-37(38-35)27-24-22-26(23-25-27)30-19-13-21-33-34(30)31-18-11-12-20-32(31)40(33,28-14-7-5-8-15-28)29-16-9-6-10-17-29/h5-25H,1-4H3. The second-order valence-corrected chi connectivity index (χ2v) is 15.7. The van der Waals surface area contributed by atoms with Crippen molar-refractivity contribution in [3.63, 3.8) is 0 Å². The number of hydrogen-bond donors (Lipinski definition) is 0. The fraction of sp³-hybridized carbons (Fsp3) is 0.167. The predicted molar refractivity (Wildman–Crippen MR) is 170 cm³/mol. The van der Waals surface area contributed by atoms with Crippen LogP contribution in [-0.2, 0) is 9.31 Å². The highest BCUT2D eigenvalue weighted by atomic mass is 28.3. The van der Waals surface area contributed by atoms with Gasteiger partial charge in [-0.3, -0.25) is 0 Å². The molecule has 0 N–H and O–H groups in total. The zero-order chi connectivity index (χ0) is 27.5. The average molecular weight is 537 g/mol. The van der Waals surface area contributed by atoms with E-state index in [4.69, 9.17) is 9.31 Å². The molecule has 0 saturated carbocycles. The first-order chi connectivity index (χ1) is 19.3. The van der Waals surface area contributed by atoms with Gasteiger partial charge in [0, 0.05) is 0 Å². The first-order valence-electron chi connectivity index (χ1n) is 14.1. The lowest BCUT2D eigenvalue weighted by molar-refractivity contribution is 0.00578. The summed E-state index contributed by atoms with van der Waals surface area (Å²) < 4.78 is 12.6. The molecule has 0 atom stereocenters. The Morgan fingerprint density at radius 1 is 0.500 bits per heavy atom. The largest absolute Gasteiger partial charge is 0.494 e. The van der Waals surface area contributed by atoms with Crippen molar-refractivity contribution in [2.24, 2.45) is 0 Å². The van der Waals surface area contributed by atoms with Crippen LogP contribution in [0.15, 0.2) is 127 Å². The SMILES string of the molecule is CC1(C)OB(c2ccc(-c3cccc4c3-c3ccccc3[Si]4(c3ccccc3)c3ccccc3)cc2)OC1(C)C. The van der Waals surface area contributed by atoms with E-state index in [9.17, 15) is 0 Å². The lowest BCUT2D eigenvalue weighted by atomic mass is 9.78. The highest BCUT2D eigenvalue weighted by Crippen LogP contribution is 2.38. The normalized spacial score (nSPS) is 17.9. The van der Waals surface area contributed by atoms with E-state index in [2.05, 4.69) is 155 Å². The van der Waals surface area contributed by atoms with Gasteiger partial charge in [0.1, 0.15) is 0 Å². The predicted octanol–water partition coefficient (Wildman–Crippen LogP) is 5.01. The molecule has 7 rings (SSSR count). The highest BCUT2D eigenvalue weighted by molar-refractivity contribution is 7.22. The topological polar surface area (TPSA) is 18.5 Å². The number of rotatable bonds is 4. The summed E-state index contributed by atoms with van der Waals surface area (Å²) in [6.07, 6.45) is 0. The van der Waals surface area contributed by atoms with Crippen molar-refractivity contribution in [1.82, 2.24) is 0 Å². The Bertz CT molecular complexity index is 1640. The van der Waals surface area contributed by atoms with E-state index in [1.54, 1.807) is 0 Å². The third-order valence-electron chi connectivity index (χ3n) is 9.23. The van der Waals surface area contributed by atoms with Crippen molar-refractivity contribution in [2.45, 2.75) is 38.9 Å². The molecular weight excluding hydrogens is 503 g/mol. The third kappa shape index (κ3) is 3.63. The van der Waals surface area contributed by atoms with Crippen LogP contribution < -0.4 is 26.2 Å². The molecule has 2 nitrogen and oxygen atoms in total. The maximum Gasteiger partial charge on any atom is 0.494 e. The summed E-state index contributed by atoms with van der Waals surface area (Å²) in [5.74, 6) is 0. The molecule has 0 radical (unpaired) electrons. The summed E-state index contributed by atoms with van der Waals surface area (Å²) in [6.45, 7) is 8.40. The average Bonchev–Trinajstić information content (AvgIpc) is 3.41. The molecule has 0 unspecified atom stereocenters. The van der Waals surface area contributed by atoms with Crippen LogP contribution in [-0.4, -0.2) is 26.4 Å². The van der Waals surface area contributed by atoms with Crippen molar-refractivity contribution < 1.29 is 9.31 Å². The Morgan fingerprint density at radius 3 is 1.60 bits per heavy atom. The van der Waals surface area contributed by atoms with Gasteiger partial charge in [-0.15, -0.1) is 0 Å². The fourth-order valence-corrected chi connectivity index (χ4v) is 11.7. The maximum absolute atomic E-state index is 6.32. The van der Waals surface area contributed by atoms with Gasteiger partial charge in [0.05, 0.1) is 11.2 Å². The molecule has 0 bridgehead atoms. The molecule has 5 aromatic carbocycles. The summed E-state index contributed by atoms with van der Waals surface area (Å²) in [7, 11) is -2.86. The highest BCUT2D eigenvalue weighted by Gasteiger charge is 2.52. The Morgan fingerprint density at radius 2 is 1.00 bits per heavy atom. The molecule has 40 heavy (non-hydrogen) atoms. The number of benzene rings is 5. The van der Waals surface area contributed by atoms with Gasteiger partial charge in [-0.2, -0.15) is 0 Å². The second-order valence-electron chi connectivity index (χ2n) is 12.0. The summed E-state index contributed by atoms with van der Waals surface area (Å²) in [4.78, 5) is 0. The molecule has 2 heterocycles. The Balaban J connectivity index is 1.41. The Labute approximate surface area is 238 Å². The minimum absolute atomic E-state index is 0.358. The van der Waals surface area contributed by atoms with Crippen LogP contribution in [0.2, 0.25) is 0 Å². The van der Waals surface area contributed by atoms with E-state index in [0.717, 1.165) is 5.46 Å². The maximum atomic E-state index is 6.32. The molecule has 0 aliphatic carbocycles. The van der Waals surface area contributed by atoms with Gasteiger partial charge in [0.25, 0.3) is 0 Å². The Kier molecular flexibility index (Phi) is 5.80. The van der Waals surface area contributed by atoms with Gasteiger partial charge < -0.3 is 9.31 Å². The quantitative estimate of drug-likeness (QED) is 0.295. The molecule has 0 aromatic heterocycles. The molecule has 5 aromatic rings. The molecule has 2 aliphatic rings. The lowest BCUT2D eigenvalue weighted by Crippen LogP contribution is -2.72. The zero-order valence-electron chi connectivity index (χ0n) is 23.5. The van der Waals surface area contributed by atoms with Crippen LogP contribution in [0.1, 0.15) is 27.7 Å². The molecule has 0 amide bonds. The monoisotopic (exact) mass is 536 g/mol. The van der Waals surface area contributed by atoms with Crippen molar-refractivity contribution in [2.75, 3.05) is 0 Å². The van der Waals surface area contributed by atoms with Crippen LogP contribution in [0.3, 0.4) is 0 Å². The number of hydrogen-bond acceptors (Lipinski definition) is 2. The first kappa shape index (κ1) is 25.3. The van der Waals surface area contributed by atoms with Gasteiger partial charge in [-0.25, -0.2) is 0 Å². The van der Waals surface area contributed by atoms with E-state index >= 15 is 0 Å². The van der Waals surface area contributed by atoms with Crippen molar-refractivity contribution in [3.8, 4) is 22.3 Å². The van der Waals surface area contributed by atoms with Gasteiger partial charge in [-0.1, -0.05) is 127 Å². The summed E-state index contributed by atoms with van der Waals surface area (Å²) in [5, 5.41) is 5.75. The van der Waals surface area contributed by atoms with E-state index in [1.165, 1.54) is 43.0 Å². The van der Waals surface area contributed by atoms with Gasteiger partial charge in [-0.05, 0) is 76.2 Å². The summed E-state index contributed by atoms with van der Waals surface area (Å²) >= 11 is 0. The summed E-state index contributed by atoms with van der Waals surface area (Å²) in [5.41, 5.74) is 5.52. The first-order valence-corrected chi connectivity index (χ1v) is 16.1. The minimum atomic E-state index is -2.49. The number of fused-ring (bicyclic) bond motifs is 3. The minimum Gasteiger partial charge on any atom is -0.399 e. The zero-order valence-corrected chi connectivity index (χ0v) is 24.5. The Hall–Kier alpha value is -3.70. The van der Waals surface area contributed by atoms with Crippen molar-refractivity contribution in [3.05, 3.63) is 127 Å². The van der Waals surface area contributed by atoms with Crippen molar-refractivity contribution >= 4 is 41.4 Å². The van der Waals surface area contributed by atoms with Crippen LogP contribution >= 0.6 is 0 Å². The van der Waals surface area contributed by atoms with Crippen LogP contribution in [0.5, 0.6) is 0 Å². The van der Waals surface area contributed by atoms with Gasteiger partial charge >= 0.3 is 7.12 Å². The van der Waals surface area contributed by atoms with Crippen LogP contribution in [0, 0.1) is 0 Å². The molecule has 2 aliphatic heterocycles. The molecule has 196 valence electrons. The molecule has 1 fully saturated rings.